The molecule has 1 aliphatic rings. The van der Waals surface area contributed by atoms with Crippen LogP contribution in [0, 0.1) is 5.92 Å². The van der Waals surface area contributed by atoms with Crippen LogP contribution in [0.1, 0.15) is 12.8 Å². The number of guanidine groups is 1. The first-order valence-corrected chi connectivity index (χ1v) is 9.93. The highest BCUT2D eigenvalue weighted by Crippen LogP contribution is 2.25. The molecule has 7 heteroatoms. The van der Waals surface area contributed by atoms with Gasteiger partial charge in [-0.2, -0.15) is 0 Å². The maximum Gasteiger partial charge on any atom is 0.193 e. The first-order valence-electron chi connectivity index (χ1n) is 8.94. The Hall–Kier alpha value is -1.22. The Kier molecular flexibility index (Phi) is 9.31. The van der Waals surface area contributed by atoms with Gasteiger partial charge in [-0.15, -0.1) is 35.7 Å². The lowest BCUT2D eigenvalue weighted by atomic mass is 10.2. The molecule has 1 N–H and O–H groups in total. The standard InChI is InChI=1S/C19H27N5S.HI/c1-20-19(22-9-5-11-23-13-10-21-16-23)24-12-8-17(14-24)15-25-18-6-3-2-4-7-18;/h2-4,6-7,10,13,16-17H,5,8-9,11-12,14-15H2,1H3,(H,20,22);1H. The number of benzene rings is 1. The molecule has 0 radical (unpaired) electrons. The van der Waals surface area contributed by atoms with Crippen molar-refractivity contribution in [2.45, 2.75) is 24.3 Å². The van der Waals surface area contributed by atoms with Gasteiger partial charge in [0.05, 0.1) is 6.33 Å². The van der Waals surface area contributed by atoms with Crippen molar-refractivity contribution in [3.8, 4) is 0 Å². The van der Waals surface area contributed by atoms with Crippen LogP contribution in [0.4, 0.5) is 0 Å². The fraction of sp³-hybridized carbons (Fsp3) is 0.474. The van der Waals surface area contributed by atoms with Gasteiger partial charge in [0.15, 0.2) is 5.96 Å². The third-order valence-electron chi connectivity index (χ3n) is 4.46. The van der Waals surface area contributed by atoms with Gasteiger partial charge >= 0.3 is 0 Å². The van der Waals surface area contributed by atoms with E-state index in [4.69, 9.17) is 0 Å². The predicted molar refractivity (Wildman–Crippen MR) is 120 cm³/mol. The van der Waals surface area contributed by atoms with Gasteiger partial charge in [-0.3, -0.25) is 4.99 Å². The summed E-state index contributed by atoms with van der Waals surface area (Å²) in [5.74, 6) is 2.95. The number of aromatic nitrogens is 2. The lowest BCUT2D eigenvalue weighted by Gasteiger charge is -2.21. The molecule has 2 aromatic rings. The van der Waals surface area contributed by atoms with Gasteiger partial charge in [-0.1, -0.05) is 18.2 Å². The van der Waals surface area contributed by atoms with Crippen molar-refractivity contribution in [3.05, 3.63) is 49.1 Å². The smallest absolute Gasteiger partial charge is 0.193 e. The fourth-order valence-corrected chi connectivity index (χ4v) is 4.15. The van der Waals surface area contributed by atoms with E-state index in [1.807, 2.05) is 37.5 Å². The van der Waals surface area contributed by atoms with Crippen molar-refractivity contribution < 1.29 is 0 Å². The molecule has 2 heterocycles. The van der Waals surface area contributed by atoms with Gasteiger partial charge in [0, 0.05) is 56.3 Å². The van der Waals surface area contributed by atoms with Crippen molar-refractivity contribution in [1.29, 1.82) is 0 Å². The number of likely N-dealkylation sites (tertiary alicyclic amines) is 1. The summed E-state index contributed by atoms with van der Waals surface area (Å²) in [7, 11) is 1.88. The second-order valence-corrected chi connectivity index (χ2v) is 7.45. The Bertz CT molecular complexity index is 647. The van der Waals surface area contributed by atoms with Gasteiger partial charge in [-0.05, 0) is 30.9 Å². The van der Waals surface area contributed by atoms with E-state index >= 15 is 0 Å². The Morgan fingerprint density at radius 3 is 2.92 bits per heavy atom. The predicted octanol–water partition coefficient (Wildman–Crippen LogP) is 3.58. The molecule has 5 nitrogen and oxygen atoms in total. The summed E-state index contributed by atoms with van der Waals surface area (Å²) < 4.78 is 2.11. The summed E-state index contributed by atoms with van der Waals surface area (Å²) in [5.41, 5.74) is 0. The summed E-state index contributed by atoms with van der Waals surface area (Å²) in [5, 5.41) is 3.50. The van der Waals surface area contributed by atoms with Crippen molar-refractivity contribution in [1.82, 2.24) is 19.8 Å². The lowest BCUT2D eigenvalue weighted by Crippen LogP contribution is -2.40. The summed E-state index contributed by atoms with van der Waals surface area (Å²) >= 11 is 1.96. The molecule has 0 saturated carbocycles. The van der Waals surface area contributed by atoms with Crippen molar-refractivity contribution >= 4 is 41.7 Å². The van der Waals surface area contributed by atoms with Crippen LogP contribution < -0.4 is 5.32 Å². The van der Waals surface area contributed by atoms with Crippen LogP contribution in [0.3, 0.4) is 0 Å². The van der Waals surface area contributed by atoms with Crippen LogP contribution in [-0.4, -0.2) is 52.8 Å². The van der Waals surface area contributed by atoms with E-state index in [0.717, 1.165) is 44.5 Å². The monoisotopic (exact) mass is 485 g/mol. The van der Waals surface area contributed by atoms with Crippen LogP contribution >= 0.6 is 35.7 Å². The molecule has 1 saturated heterocycles. The molecule has 142 valence electrons. The number of halogens is 1. The molecule has 0 aliphatic carbocycles. The molecule has 1 atom stereocenters. The minimum atomic E-state index is 0. The molecule has 0 spiro atoms. The van der Waals surface area contributed by atoms with Gasteiger partial charge in [-0.25, -0.2) is 4.98 Å². The normalized spacial score (nSPS) is 17.2. The topological polar surface area (TPSA) is 45.5 Å². The van der Waals surface area contributed by atoms with Crippen molar-refractivity contribution in [2.75, 3.05) is 32.4 Å². The maximum atomic E-state index is 4.46. The van der Waals surface area contributed by atoms with Crippen LogP contribution in [0.2, 0.25) is 0 Å². The van der Waals surface area contributed by atoms with Gasteiger partial charge in [0.1, 0.15) is 0 Å². The van der Waals surface area contributed by atoms with E-state index in [1.54, 1.807) is 0 Å². The molecular weight excluding hydrogens is 457 g/mol. The van der Waals surface area contributed by atoms with Gasteiger partial charge in [0.2, 0.25) is 0 Å². The Morgan fingerprint density at radius 2 is 2.19 bits per heavy atom. The zero-order chi connectivity index (χ0) is 17.3. The summed E-state index contributed by atoms with van der Waals surface area (Å²) in [6.07, 6.45) is 8.00. The zero-order valence-electron chi connectivity index (χ0n) is 15.3. The summed E-state index contributed by atoms with van der Waals surface area (Å²) in [6, 6.07) is 10.7. The van der Waals surface area contributed by atoms with Gasteiger partial charge < -0.3 is 14.8 Å². The molecule has 0 bridgehead atoms. The molecule has 1 aromatic carbocycles. The van der Waals surface area contributed by atoms with E-state index in [9.17, 15) is 0 Å². The van der Waals surface area contributed by atoms with E-state index in [2.05, 4.69) is 55.1 Å². The first-order chi connectivity index (χ1) is 12.3. The number of rotatable bonds is 7. The molecule has 1 aromatic heterocycles. The van der Waals surface area contributed by atoms with Crippen LogP contribution in [0.25, 0.3) is 0 Å². The largest absolute Gasteiger partial charge is 0.356 e. The summed E-state index contributed by atoms with van der Waals surface area (Å²) in [6.45, 7) is 4.12. The van der Waals surface area contributed by atoms with E-state index in [-0.39, 0.29) is 24.0 Å². The highest BCUT2D eigenvalue weighted by atomic mass is 127. The average Bonchev–Trinajstić information content (AvgIpc) is 3.33. The van der Waals surface area contributed by atoms with Crippen molar-refractivity contribution in [3.63, 3.8) is 0 Å². The van der Waals surface area contributed by atoms with Gasteiger partial charge in [0.25, 0.3) is 0 Å². The van der Waals surface area contributed by atoms with E-state index < -0.39 is 0 Å². The van der Waals surface area contributed by atoms with Crippen LogP contribution in [0.5, 0.6) is 0 Å². The zero-order valence-corrected chi connectivity index (χ0v) is 18.4. The Labute approximate surface area is 177 Å². The second-order valence-electron chi connectivity index (χ2n) is 6.35. The Morgan fingerprint density at radius 1 is 1.35 bits per heavy atom. The molecule has 1 aliphatic heterocycles. The molecule has 1 unspecified atom stereocenters. The third kappa shape index (κ3) is 6.50. The molecule has 0 amide bonds. The highest BCUT2D eigenvalue weighted by molar-refractivity contribution is 14.0. The minimum Gasteiger partial charge on any atom is -0.356 e. The number of imidazole rings is 1. The number of aliphatic imine (C=N–C) groups is 1. The first kappa shape index (κ1) is 21.1. The number of hydrogen-bond donors (Lipinski definition) is 1. The second kappa shape index (κ2) is 11.5. The van der Waals surface area contributed by atoms with Crippen molar-refractivity contribution in [2.24, 2.45) is 10.9 Å². The lowest BCUT2D eigenvalue weighted by molar-refractivity contribution is 0.471. The molecule has 26 heavy (non-hydrogen) atoms. The van der Waals surface area contributed by atoms with Crippen LogP contribution in [-0.2, 0) is 6.54 Å². The Balaban J connectivity index is 0.00000243. The maximum absolute atomic E-state index is 4.46. The number of nitrogens with one attached hydrogen (secondary N) is 1. The quantitative estimate of drug-likeness (QED) is 0.214. The average molecular weight is 485 g/mol. The highest BCUT2D eigenvalue weighted by Gasteiger charge is 2.24. The minimum absolute atomic E-state index is 0. The number of aryl methyl sites for hydroxylation is 1. The van der Waals surface area contributed by atoms with E-state index in [1.165, 1.54) is 17.1 Å². The fourth-order valence-electron chi connectivity index (χ4n) is 3.10. The van der Waals surface area contributed by atoms with E-state index in [0.29, 0.717) is 0 Å². The molecule has 1 fully saturated rings. The van der Waals surface area contributed by atoms with Crippen LogP contribution in [0.15, 0.2) is 58.9 Å². The third-order valence-corrected chi connectivity index (χ3v) is 5.71. The molecular formula is C19H28IN5S. The summed E-state index contributed by atoms with van der Waals surface area (Å²) in [4.78, 5) is 12.3. The number of nitrogens with zero attached hydrogens (tertiary/aromatic N) is 4. The SMILES string of the molecule is CN=C(NCCCn1ccnc1)N1CCC(CSc2ccccc2)C1.I. The number of hydrogen-bond acceptors (Lipinski definition) is 3. The molecule has 3 rings (SSSR count). The number of thioether (sulfide) groups is 1.